The Hall–Kier alpha value is -3.08. The second kappa shape index (κ2) is 10.5. The van der Waals surface area contributed by atoms with Crippen LogP contribution in [0.25, 0.3) is 10.8 Å². The Morgan fingerprint density at radius 1 is 0.875 bits per heavy atom. The van der Waals surface area contributed by atoms with Crippen LogP contribution in [0.5, 0.6) is 5.75 Å². The minimum Gasteiger partial charge on any atom is -0.491 e. The molecule has 166 valence electrons. The summed E-state index contributed by atoms with van der Waals surface area (Å²) in [5.41, 5.74) is 2.50. The van der Waals surface area contributed by atoms with E-state index in [4.69, 9.17) is 9.15 Å². The molecule has 1 aromatic heterocycles. The third-order valence-corrected chi connectivity index (χ3v) is 5.69. The molecule has 4 nitrogen and oxygen atoms in total. The number of furan rings is 1. The molecule has 0 spiro atoms. The van der Waals surface area contributed by atoms with Crippen LogP contribution in [0.4, 0.5) is 0 Å². The van der Waals surface area contributed by atoms with Gasteiger partial charge in [0.2, 0.25) is 0 Å². The van der Waals surface area contributed by atoms with Crippen LogP contribution in [0.2, 0.25) is 0 Å². The van der Waals surface area contributed by atoms with Crippen molar-refractivity contribution < 1.29 is 14.3 Å². The highest BCUT2D eigenvalue weighted by atomic mass is 16.5. The van der Waals surface area contributed by atoms with Crippen LogP contribution in [0, 0.1) is 0 Å². The molecule has 3 aromatic carbocycles. The van der Waals surface area contributed by atoms with Gasteiger partial charge in [-0.1, -0.05) is 68.4 Å². The van der Waals surface area contributed by atoms with Crippen LogP contribution in [0.15, 0.2) is 89.5 Å². The normalized spacial score (nSPS) is 12.5. The van der Waals surface area contributed by atoms with Crippen LogP contribution in [0.1, 0.15) is 36.7 Å². The van der Waals surface area contributed by atoms with E-state index < -0.39 is 6.10 Å². The highest BCUT2D eigenvalue weighted by Gasteiger charge is 2.16. The number of benzene rings is 3. The van der Waals surface area contributed by atoms with E-state index in [1.165, 1.54) is 21.9 Å². The minimum absolute atomic E-state index is 0.241. The summed E-state index contributed by atoms with van der Waals surface area (Å²) in [7, 11) is 0. The highest BCUT2D eigenvalue weighted by Crippen LogP contribution is 2.22. The zero-order valence-corrected chi connectivity index (χ0v) is 18.8. The molecule has 0 saturated heterocycles. The summed E-state index contributed by atoms with van der Waals surface area (Å²) >= 11 is 0. The molecule has 1 N–H and O–H groups in total. The first-order chi connectivity index (χ1) is 15.6. The second-order valence-electron chi connectivity index (χ2n) is 8.58. The van der Waals surface area contributed by atoms with E-state index >= 15 is 0 Å². The van der Waals surface area contributed by atoms with E-state index in [0.29, 0.717) is 25.6 Å². The van der Waals surface area contributed by atoms with E-state index in [9.17, 15) is 5.11 Å². The lowest BCUT2D eigenvalue weighted by atomic mass is 10.0. The molecule has 0 fully saturated rings. The Morgan fingerprint density at radius 3 is 2.41 bits per heavy atom. The summed E-state index contributed by atoms with van der Waals surface area (Å²) < 4.78 is 11.4. The molecule has 1 atom stereocenters. The molecule has 1 heterocycles. The maximum Gasteiger partial charge on any atom is 0.119 e. The van der Waals surface area contributed by atoms with Gasteiger partial charge in [0.25, 0.3) is 0 Å². The fourth-order valence-electron chi connectivity index (χ4n) is 3.97. The van der Waals surface area contributed by atoms with Crippen molar-refractivity contribution in [2.75, 3.05) is 13.2 Å². The lowest BCUT2D eigenvalue weighted by molar-refractivity contribution is 0.0606. The van der Waals surface area contributed by atoms with E-state index in [1.54, 1.807) is 6.26 Å². The molecule has 0 radical (unpaired) electrons. The number of hydrogen-bond acceptors (Lipinski definition) is 4. The number of rotatable bonds is 10. The maximum absolute atomic E-state index is 10.7. The van der Waals surface area contributed by atoms with Gasteiger partial charge in [-0.05, 0) is 52.1 Å². The predicted octanol–water partition coefficient (Wildman–Crippen LogP) is 6.00. The summed E-state index contributed by atoms with van der Waals surface area (Å²) in [4.78, 5) is 2.20. The van der Waals surface area contributed by atoms with Crippen molar-refractivity contribution in [2.45, 2.75) is 39.0 Å². The molecule has 0 bridgehead atoms. The fraction of sp³-hybridized carbons (Fsp3) is 0.286. The van der Waals surface area contributed by atoms with Gasteiger partial charge in [0.15, 0.2) is 0 Å². The fourth-order valence-corrected chi connectivity index (χ4v) is 3.97. The van der Waals surface area contributed by atoms with Crippen molar-refractivity contribution in [3.05, 3.63) is 102 Å². The van der Waals surface area contributed by atoms with Crippen LogP contribution in [-0.4, -0.2) is 29.3 Å². The summed E-state index contributed by atoms with van der Waals surface area (Å²) in [5.74, 6) is 2.14. The summed E-state index contributed by atoms with van der Waals surface area (Å²) in [6, 6.07) is 26.7. The van der Waals surface area contributed by atoms with Crippen molar-refractivity contribution in [3.8, 4) is 5.75 Å². The average molecular weight is 430 g/mol. The molecule has 4 rings (SSSR count). The zero-order chi connectivity index (χ0) is 22.3. The Morgan fingerprint density at radius 2 is 1.66 bits per heavy atom. The highest BCUT2D eigenvalue weighted by molar-refractivity contribution is 5.85. The molecule has 32 heavy (non-hydrogen) atoms. The van der Waals surface area contributed by atoms with Crippen molar-refractivity contribution in [1.29, 1.82) is 0 Å². The van der Waals surface area contributed by atoms with Crippen molar-refractivity contribution in [2.24, 2.45) is 0 Å². The van der Waals surface area contributed by atoms with Gasteiger partial charge in [0, 0.05) is 13.1 Å². The SMILES string of the molecule is CC(C)c1ccc(OCC(O)CN(Cc2ccco2)Cc2cccc3ccccc23)cc1. The van der Waals surface area contributed by atoms with Crippen molar-refractivity contribution >= 4 is 10.8 Å². The number of aliphatic hydroxyl groups excluding tert-OH is 1. The second-order valence-corrected chi connectivity index (χ2v) is 8.58. The van der Waals surface area contributed by atoms with E-state index in [0.717, 1.165) is 11.5 Å². The molecule has 4 aromatic rings. The predicted molar refractivity (Wildman–Crippen MR) is 129 cm³/mol. The number of nitrogens with zero attached hydrogens (tertiary/aromatic N) is 1. The number of aliphatic hydroxyl groups is 1. The van der Waals surface area contributed by atoms with E-state index in [2.05, 4.69) is 73.3 Å². The maximum atomic E-state index is 10.7. The van der Waals surface area contributed by atoms with Gasteiger partial charge in [0.05, 0.1) is 12.8 Å². The molecule has 0 aliphatic carbocycles. The quantitative estimate of drug-likeness (QED) is 0.336. The van der Waals surface area contributed by atoms with Crippen LogP contribution >= 0.6 is 0 Å². The lowest BCUT2D eigenvalue weighted by Crippen LogP contribution is -2.35. The molecule has 0 aliphatic heterocycles. The van der Waals surface area contributed by atoms with Crippen molar-refractivity contribution in [1.82, 2.24) is 4.90 Å². The van der Waals surface area contributed by atoms with Gasteiger partial charge in [-0.25, -0.2) is 0 Å². The minimum atomic E-state index is -0.621. The molecular weight excluding hydrogens is 398 g/mol. The lowest BCUT2D eigenvalue weighted by Gasteiger charge is -2.25. The van der Waals surface area contributed by atoms with E-state index in [1.807, 2.05) is 24.3 Å². The largest absolute Gasteiger partial charge is 0.491 e. The number of fused-ring (bicyclic) bond motifs is 1. The zero-order valence-electron chi connectivity index (χ0n) is 18.8. The van der Waals surface area contributed by atoms with Gasteiger partial charge in [-0.15, -0.1) is 0 Å². The van der Waals surface area contributed by atoms with Crippen LogP contribution in [0.3, 0.4) is 0 Å². The smallest absolute Gasteiger partial charge is 0.119 e. The third-order valence-electron chi connectivity index (χ3n) is 5.69. The standard InChI is InChI=1S/C28H31NO3/c1-21(2)22-12-14-26(15-13-22)32-20-25(30)18-29(19-27-10-6-16-31-27)17-24-9-5-8-23-7-3-4-11-28(23)24/h3-16,21,25,30H,17-20H2,1-2H3. The van der Waals surface area contributed by atoms with Gasteiger partial charge in [0.1, 0.15) is 24.2 Å². The Bertz CT molecular complexity index is 1100. The first kappa shape index (κ1) is 22.1. The summed E-state index contributed by atoms with van der Waals surface area (Å²) in [5, 5.41) is 13.2. The van der Waals surface area contributed by atoms with Crippen LogP contribution in [-0.2, 0) is 13.1 Å². The Balaban J connectivity index is 1.43. The molecular formula is C28H31NO3. The van der Waals surface area contributed by atoms with Gasteiger partial charge in [-0.3, -0.25) is 4.90 Å². The summed E-state index contributed by atoms with van der Waals surface area (Å²) in [6.07, 6.45) is 1.07. The monoisotopic (exact) mass is 429 g/mol. The Kier molecular flexibility index (Phi) is 7.25. The van der Waals surface area contributed by atoms with Gasteiger partial charge < -0.3 is 14.3 Å². The molecule has 0 aliphatic rings. The van der Waals surface area contributed by atoms with Gasteiger partial charge >= 0.3 is 0 Å². The molecule has 0 amide bonds. The first-order valence-electron chi connectivity index (χ1n) is 11.2. The third kappa shape index (κ3) is 5.78. The first-order valence-corrected chi connectivity index (χ1v) is 11.2. The number of hydrogen-bond donors (Lipinski definition) is 1. The molecule has 0 saturated carbocycles. The average Bonchev–Trinajstić information content (AvgIpc) is 3.31. The Labute approximate surface area is 190 Å². The van der Waals surface area contributed by atoms with Gasteiger partial charge in [-0.2, -0.15) is 0 Å². The molecule has 4 heteroatoms. The number of ether oxygens (including phenoxy) is 1. The van der Waals surface area contributed by atoms with Crippen LogP contribution < -0.4 is 4.74 Å². The van der Waals surface area contributed by atoms with E-state index in [-0.39, 0.29) is 6.61 Å². The molecule has 1 unspecified atom stereocenters. The summed E-state index contributed by atoms with van der Waals surface area (Å²) in [6.45, 7) is 6.39. The topological polar surface area (TPSA) is 45.8 Å². The van der Waals surface area contributed by atoms with Crippen molar-refractivity contribution in [3.63, 3.8) is 0 Å².